The number of carboxylic acids is 1. The first-order chi connectivity index (χ1) is 4.21. The van der Waals surface area contributed by atoms with Crippen LogP contribution < -0.4 is 0 Å². The molecule has 0 spiro atoms. The van der Waals surface area contributed by atoms with Crippen LogP contribution in [0.25, 0.3) is 0 Å². The van der Waals surface area contributed by atoms with E-state index in [0.717, 1.165) is 18.6 Å². The standard InChI is InChI=1S/C6H10O2S/c1-2-9-6(3-4-6)5(7)8/h2-4H2,1H3,(H,7,8). The van der Waals surface area contributed by atoms with Gasteiger partial charge in [0.15, 0.2) is 0 Å². The van der Waals surface area contributed by atoms with Gasteiger partial charge in [-0.1, -0.05) is 6.92 Å². The van der Waals surface area contributed by atoms with E-state index in [9.17, 15) is 4.79 Å². The Morgan fingerprint density at radius 1 is 1.78 bits per heavy atom. The van der Waals surface area contributed by atoms with Crippen LogP contribution in [0.4, 0.5) is 0 Å². The maximum atomic E-state index is 10.5. The first-order valence-electron chi connectivity index (χ1n) is 3.08. The van der Waals surface area contributed by atoms with Crippen LogP contribution in [0, 0.1) is 0 Å². The molecule has 0 aromatic heterocycles. The summed E-state index contributed by atoms with van der Waals surface area (Å²) in [6, 6.07) is 0. The average Bonchev–Trinajstić information content (AvgIpc) is 2.49. The highest BCUT2D eigenvalue weighted by molar-refractivity contribution is 8.01. The Morgan fingerprint density at radius 3 is 2.44 bits per heavy atom. The predicted molar refractivity (Wildman–Crippen MR) is 37.7 cm³/mol. The smallest absolute Gasteiger partial charge is 0.319 e. The van der Waals surface area contributed by atoms with Crippen LogP contribution in [0.5, 0.6) is 0 Å². The zero-order valence-electron chi connectivity index (χ0n) is 5.39. The molecule has 1 rings (SSSR count). The Kier molecular flexibility index (Phi) is 1.70. The second kappa shape index (κ2) is 2.21. The van der Waals surface area contributed by atoms with Crippen molar-refractivity contribution in [2.75, 3.05) is 5.75 Å². The number of hydrogen-bond acceptors (Lipinski definition) is 2. The molecule has 0 amide bonds. The summed E-state index contributed by atoms with van der Waals surface area (Å²) in [7, 11) is 0. The van der Waals surface area contributed by atoms with E-state index in [2.05, 4.69) is 0 Å². The van der Waals surface area contributed by atoms with Gasteiger partial charge in [-0.3, -0.25) is 4.79 Å². The summed E-state index contributed by atoms with van der Waals surface area (Å²) in [5.74, 6) is 0.279. The number of aliphatic carboxylic acids is 1. The van der Waals surface area contributed by atoms with E-state index < -0.39 is 5.97 Å². The van der Waals surface area contributed by atoms with Gasteiger partial charge in [-0.15, -0.1) is 11.8 Å². The first-order valence-corrected chi connectivity index (χ1v) is 4.07. The molecule has 9 heavy (non-hydrogen) atoms. The van der Waals surface area contributed by atoms with Gasteiger partial charge in [0.1, 0.15) is 4.75 Å². The van der Waals surface area contributed by atoms with E-state index in [-0.39, 0.29) is 4.75 Å². The molecule has 1 aliphatic carbocycles. The molecule has 1 saturated carbocycles. The van der Waals surface area contributed by atoms with E-state index in [1.807, 2.05) is 6.92 Å². The molecular weight excluding hydrogens is 136 g/mol. The molecule has 1 aliphatic rings. The molecule has 1 fully saturated rings. The summed E-state index contributed by atoms with van der Waals surface area (Å²) in [4.78, 5) is 10.5. The molecule has 0 radical (unpaired) electrons. The monoisotopic (exact) mass is 146 g/mol. The second-order valence-corrected chi connectivity index (χ2v) is 3.88. The minimum absolute atomic E-state index is 0.366. The molecular formula is C6H10O2S. The lowest BCUT2D eigenvalue weighted by molar-refractivity contribution is -0.137. The van der Waals surface area contributed by atoms with Gasteiger partial charge in [-0.2, -0.15) is 0 Å². The summed E-state index contributed by atoms with van der Waals surface area (Å²) in [5, 5.41) is 8.61. The van der Waals surface area contributed by atoms with Crippen LogP contribution in [0.15, 0.2) is 0 Å². The molecule has 0 atom stereocenters. The highest BCUT2D eigenvalue weighted by Gasteiger charge is 2.50. The largest absolute Gasteiger partial charge is 0.480 e. The number of carboxylic acid groups (broad SMARTS) is 1. The molecule has 0 aromatic rings. The number of thioether (sulfide) groups is 1. The van der Waals surface area contributed by atoms with Crippen LogP contribution in [0.3, 0.4) is 0 Å². The highest BCUT2D eigenvalue weighted by atomic mass is 32.2. The fourth-order valence-corrected chi connectivity index (χ4v) is 1.88. The minimum Gasteiger partial charge on any atom is -0.480 e. The quantitative estimate of drug-likeness (QED) is 0.653. The van der Waals surface area contributed by atoms with E-state index in [4.69, 9.17) is 5.11 Å². The summed E-state index contributed by atoms with van der Waals surface area (Å²) in [5.41, 5.74) is 0. The molecule has 2 nitrogen and oxygen atoms in total. The minimum atomic E-state index is -0.630. The zero-order chi connectivity index (χ0) is 6.91. The van der Waals surface area contributed by atoms with Gasteiger partial charge in [0, 0.05) is 0 Å². The Labute approximate surface area is 58.6 Å². The van der Waals surface area contributed by atoms with Gasteiger partial charge in [0.05, 0.1) is 0 Å². The number of hydrogen-bond donors (Lipinski definition) is 1. The molecule has 0 heterocycles. The highest BCUT2D eigenvalue weighted by Crippen LogP contribution is 2.48. The Hall–Kier alpha value is -0.180. The van der Waals surface area contributed by atoms with E-state index in [1.54, 1.807) is 11.8 Å². The van der Waals surface area contributed by atoms with Gasteiger partial charge in [0.25, 0.3) is 0 Å². The lowest BCUT2D eigenvalue weighted by atomic mass is 10.4. The first kappa shape index (κ1) is 6.93. The van der Waals surface area contributed by atoms with Crippen molar-refractivity contribution < 1.29 is 9.90 Å². The van der Waals surface area contributed by atoms with Gasteiger partial charge < -0.3 is 5.11 Å². The molecule has 0 aromatic carbocycles. The van der Waals surface area contributed by atoms with E-state index in [0.29, 0.717) is 0 Å². The average molecular weight is 146 g/mol. The van der Waals surface area contributed by atoms with E-state index >= 15 is 0 Å². The van der Waals surface area contributed by atoms with Crippen molar-refractivity contribution >= 4 is 17.7 Å². The Balaban J connectivity index is 2.43. The Bertz CT molecular complexity index is 129. The predicted octanol–water partition coefficient (Wildman–Crippen LogP) is 1.36. The van der Waals surface area contributed by atoms with Gasteiger partial charge >= 0.3 is 5.97 Å². The van der Waals surface area contributed by atoms with Crippen LogP contribution in [-0.4, -0.2) is 21.6 Å². The lowest BCUT2D eigenvalue weighted by Crippen LogP contribution is -2.17. The topological polar surface area (TPSA) is 37.3 Å². The Morgan fingerprint density at radius 2 is 2.33 bits per heavy atom. The summed E-state index contributed by atoms with van der Waals surface area (Å²) in [6.45, 7) is 1.99. The van der Waals surface area contributed by atoms with Crippen LogP contribution in [0.1, 0.15) is 19.8 Å². The van der Waals surface area contributed by atoms with E-state index in [1.165, 1.54) is 0 Å². The molecule has 3 heteroatoms. The van der Waals surface area contributed by atoms with Crippen molar-refractivity contribution in [3.8, 4) is 0 Å². The molecule has 0 bridgehead atoms. The zero-order valence-corrected chi connectivity index (χ0v) is 6.20. The third-order valence-electron chi connectivity index (χ3n) is 1.51. The van der Waals surface area contributed by atoms with Crippen molar-refractivity contribution in [2.45, 2.75) is 24.5 Å². The second-order valence-electron chi connectivity index (χ2n) is 2.23. The van der Waals surface area contributed by atoms with Gasteiger partial charge in [-0.25, -0.2) is 0 Å². The summed E-state index contributed by atoms with van der Waals surface area (Å²) in [6.07, 6.45) is 1.72. The van der Waals surface area contributed by atoms with Crippen molar-refractivity contribution in [3.05, 3.63) is 0 Å². The van der Waals surface area contributed by atoms with Crippen molar-refractivity contribution in [3.63, 3.8) is 0 Å². The van der Waals surface area contributed by atoms with Crippen LogP contribution in [-0.2, 0) is 4.79 Å². The lowest BCUT2D eigenvalue weighted by Gasteiger charge is -2.04. The molecule has 0 unspecified atom stereocenters. The molecule has 52 valence electrons. The third kappa shape index (κ3) is 1.21. The number of rotatable bonds is 3. The van der Waals surface area contributed by atoms with Crippen LogP contribution >= 0.6 is 11.8 Å². The number of carbonyl (C=O) groups is 1. The fourth-order valence-electron chi connectivity index (χ4n) is 0.810. The molecule has 0 saturated heterocycles. The van der Waals surface area contributed by atoms with Crippen molar-refractivity contribution in [1.29, 1.82) is 0 Å². The van der Waals surface area contributed by atoms with Gasteiger partial charge in [-0.05, 0) is 18.6 Å². The van der Waals surface area contributed by atoms with Crippen molar-refractivity contribution in [2.24, 2.45) is 0 Å². The maximum Gasteiger partial charge on any atom is 0.319 e. The van der Waals surface area contributed by atoms with Crippen molar-refractivity contribution in [1.82, 2.24) is 0 Å². The SMILES string of the molecule is CCSC1(C(=O)O)CC1. The summed E-state index contributed by atoms with van der Waals surface area (Å²) >= 11 is 1.55. The normalized spacial score (nSPS) is 21.4. The van der Waals surface area contributed by atoms with Gasteiger partial charge in [0.2, 0.25) is 0 Å². The maximum absolute atomic E-state index is 10.5. The molecule has 0 aliphatic heterocycles. The summed E-state index contributed by atoms with van der Waals surface area (Å²) < 4.78 is -0.366. The third-order valence-corrected chi connectivity index (χ3v) is 2.94. The van der Waals surface area contributed by atoms with Crippen LogP contribution in [0.2, 0.25) is 0 Å². The fraction of sp³-hybridized carbons (Fsp3) is 0.833. The molecule has 1 N–H and O–H groups in total.